The number of aromatic nitrogens is 2. The molecule has 0 bridgehead atoms. The molecule has 5 rings (SSSR count). The third-order valence-corrected chi connectivity index (χ3v) is 7.80. The van der Waals surface area contributed by atoms with E-state index >= 15 is 0 Å². The average Bonchev–Trinajstić information content (AvgIpc) is 3.36. The molecule has 1 fully saturated rings. The highest BCUT2D eigenvalue weighted by Gasteiger charge is 2.34. The maximum atomic E-state index is 12.4. The number of methoxy groups -OCH3 is 2. The van der Waals surface area contributed by atoms with Crippen molar-refractivity contribution in [2.45, 2.75) is 51.5 Å². The molecule has 2 atom stereocenters. The lowest BCUT2D eigenvalue weighted by molar-refractivity contribution is 0.0958. The summed E-state index contributed by atoms with van der Waals surface area (Å²) in [6.45, 7) is 3.63. The molecule has 36 heavy (non-hydrogen) atoms. The quantitative estimate of drug-likeness (QED) is 0.381. The van der Waals surface area contributed by atoms with Gasteiger partial charge in [-0.15, -0.1) is 5.10 Å². The predicted octanol–water partition coefficient (Wildman–Crippen LogP) is 4.89. The van der Waals surface area contributed by atoms with E-state index < -0.39 is 0 Å². The van der Waals surface area contributed by atoms with Crippen molar-refractivity contribution < 1.29 is 14.3 Å². The van der Waals surface area contributed by atoms with Gasteiger partial charge in [0.15, 0.2) is 11.5 Å². The molecular weight excluding hydrogens is 474 g/mol. The smallest absolute Gasteiger partial charge is 0.285 e. The zero-order valence-corrected chi connectivity index (χ0v) is 21.7. The van der Waals surface area contributed by atoms with Crippen LogP contribution in [0, 0.1) is 6.92 Å². The number of ether oxygens (including phenoxy) is 2. The van der Waals surface area contributed by atoms with E-state index in [4.69, 9.17) is 14.5 Å². The van der Waals surface area contributed by atoms with Gasteiger partial charge in [-0.2, -0.15) is 5.10 Å². The van der Waals surface area contributed by atoms with Gasteiger partial charge in [0.05, 0.1) is 37.4 Å². The lowest BCUT2D eigenvalue weighted by atomic mass is 9.75. The first-order valence-corrected chi connectivity index (χ1v) is 12.9. The van der Waals surface area contributed by atoms with Crippen molar-refractivity contribution in [2.75, 3.05) is 14.2 Å². The van der Waals surface area contributed by atoms with E-state index in [9.17, 15) is 4.79 Å². The normalized spacial score (nSPS) is 19.1. The largest absolute Gasteiger partial charge is 0.493 e. The van der Waals surface area contributed by atoms with E-state index in [0.717, 1.165) is 52.5 Å². The van der Waals surface area contributed by atoms with Gasteiger partial charge in [-0.1, -0.05) is 35.5 Å². The third-order valence-electron chi connectivity index (χ3n) is 6.97. The number of nitrogens with one attached hydrogen (secondary N) is 1. The van der Waals surface area contributed by atoms with Crippen molar-refractivity contribution in [3.8, 4) is 11.5 Å². The highest BCUT2D eigenvalue weighted by molar-refractivity contribution is 7.08. The molecule has 2 aromatic carbocycles. The van der Waals surface area contributed by atoms with Crippen molar-refractivity contribution in [1.29, 1.82) is 0 Å². The Bertz CT molecular complexity index is 1360. The summed E-state index contributed by atoms with van der Waals surface area (Å²) < 4.78 is 15.1. The summed E-state index contributed by atoms with van der Waals surface area (Å²) in [6, 6.07) is 12.6. The Morgan fingerprint density at radius 2 is 1.89 bits per heavy atom. The number of aliphatic imine (C=N–C) groups is 1. The number of hydrazone groups is 1. The standard InChI is InChI=1S/C27H29N5O3S/c1-15(29-31-27(33)26-16(2)30-32-36-26)17-8-7-9-18(12-17)25-21-14-24(35-4)23(34-3)13-20(21)19-10-5-6-11-22(19)28-25/h7-9,12-14,19,22H,5-6,10-11H2,1-4H3,(H,31,33)/t19-,22-/m1/s1. The maximum Gasteiger partial charge on any atom is 0.285 e. The van der Waals surface area contributed by atoms with Crippen LogP contribution in [0.15, 0.2) is 46.5 Å². The van der Waals surface area contributed by atoms with E-state index in [1.807, 2.05) is 19.1 Å². The van der Waals surface area contributed by atoms with Crippen LogP contribution in [-0.4, -0.2) is 47.2 Å². The molecule has 0 saturated heterocycles. The van der Waals surface area contributed by atoms with Crippen molar-refractivity contribution in [2.24, 2.45) is 10.1 Å². The first-order valence-electron chi connectivity index (χ1n) is 12.1. The number of benzene rings is 2. The number of fused-ring (bicyclic) bond motifs is 3. The van der Waals surface area contributed by atoms with Crippen LogP contribution in [-0.2, 0) is 0 Å². The molecule has 1 amide bonds. The molecule has 2 heterocycles. The second-order valence-electron chi connectivity index (χ2n) is 9.14. The molecule has 0 spiro atoms. The Hall–Kier alpha value is -3.59. The summed E-state index contributed by atoms with van der Waals surface area (Å²) in [6.07, 6.45) is 4.62. The van der Waals surface area contributed by atoms with Crippen LogP contribution in [0.1, 0.15) is 76.1 Å². The second kappa shape index (κ2) is 10.2. The van der Waals surface area contributed by atoms with Gasteiger partial charge in [0.25, 0.3) is 5.91 Å². The fourth-order valence-electron chi connectivity index (χ4n) is 5.08. The minimum absolute atomic E-state index is 0.258. The van der Waals surface area contributed by atoms with Crippen molar-refractivity contribution in [3.63, 3.8) is 0 Å². The third kappa shape index (κ3) is 4.51. The van der Waals surface area contributed by atoms with E-state index in [0.29, 0.717) is 28.0 Å². The Balaban J connectivity index is 1.50. The molecule has 1 aliphatic heterocycles. The SMILES string of the molecule is COc1cc2c(cc1OC)[C@H]1CCCC[C@H]1N=C2c1cccc(C(C)=NNC(=O)c2snnc2C)c1. The number of aryl methyl sites for hydroxylation is 1. The van der Waals surface area contributed by atoms with Crippen LogP contribution < -0.4 is 14.9 Å². The van der Waals surface area contributed by atoms with Crippen LogP contribution in [0.2, 0.25) is 0 Å². The lowest BCUT2D eigenvalue weighted by Crippen LogP contribution is -2.29. The maximum absolute atomic E-state index is 12.4. The zero-order chi connectivity index (χ0) is 25.2. The highest BCUT2D eigenvalue weighted by atomic mass is 32.1. The summed E-state index contributed by atoms with van der Waals surface area (Å²) in [7, 11) is 3.34. The Morgan fingerprint density at radius 1 is 1.11 bits per heavy atom. The number of rotatable bonds is 6. The van der Waals surface area contributed by atoms with E-state index in [-0.39, 0.29) is 11.9 Å². The first kappa shape index (κ1) is 24.1. The van der Waals surface area contributed by atoms with E-state index in [1.54, 1.807) is 21.1 Å². The van der Waals surface area contributed by atoms with Crippen LogP contribution in [0.4, 0.5) is 0 Å². The molecule has 1 saturated carbocycles. The fourth-order valence-corrected chi connectivity index (χ4v) is 5.63. The molecule has 8 nitrogen and oxygen atoms in total. The summed E-state index contributed by atoms with van der Waals surface area (Å²) in [5.41, 5.74) is 9.14. The molecule has 3 aromatic rings. The molecule has 186 valence electrons. The number of carbonyl (C=O) groups excluding carboxylic acids is 1. The van der Waals surface area contributed by atoms with E-state index in [2.05, 4.69) is 44.4 Å². The molecule has 9 heteroatoms. The van der Waals surface area contributed by atoms with Gasteiger partial charge in [-0.25, -0.2) is 5.43 Å². The van der Waals surface area contributed by atoms with Crippen molar-refractivity contribution in [1.82, 2.24) is 15.0 Å². The Morgan fingerprint density at radius 3 is 2.64 bits per heavy atom. The molecule has 0 unspecified atom stereocenters. The molecule has 1 aromatic heterocycles. The van der Waals surface area contributed by atoms with Gasteiger partial charge in [0.2, 0.25) is 0 Å². The van der Waals surface area contributed by atoms with Crippen LogP contribution >= 0.6 is 11.5 Å². The van der Waals surface area contributed by atoms with Crippen LogP contribution in [0.3, 0.4) is 0 Å². The number of hydrogen-bond acceptors (Lipinski definition) is 8. The average molecular weight is 504 g/mol. The Labute approximate surface area is 214 Å². The second-order valence-corrected chi connectivity index (χ2v) is 9.89. The van der Waals surface area contributed by atoms with Crippen LogP contribution in [0.5, 0.6) is 11.5 Å². The van der Waals surface area contributed by atoms with Crippen molar-refractivity contribution in [3.05, 3.63) is 69.2 Å². The minimum atomic E-state index is -0.312. The van der Waals surface area contributed by atoms with Crippen LogP contribution in [0.25, 0.3) is 0 Å². The summed E-state index contributed by atoms with van der Waals surface area (Å²) in [5.74, 6) is 1.53. The van der Waals surface area contributed by atoms with Gasteiger partial charge in [-0.05, 0) is 67.5 Å². The Kier molecular flexibility index (Phi) is 6.82. The topological polar surface area (TPSA) is 98.1 Å². The number of hydrogen-bond donors (Lipinski definition) is 1. The highest BCUT2D eigenvalue weighted by Crippen LogP contribution is 2.44. The van der Waals surface area contributed by atoms with Crippen molar-refractivity contribution >= 4 is 28.9 Å². The minimum Gasteiger partial charge on any atom is -0.493 e. The van der Waals surface area contributed by atoms with Gasteiger partial charge < -0.3 is 9.47 Å². The molecule has 1 N–H and O–H groups in total. The molecule has 1 aliphatic carbocycles. The molecule has 0 radical (unpaired) electrons. The summed E-state index contributed by atoms with van der Waals surface area (Å²) >= 11 is 1.06. The number of nitrogens with zero attached hydrogens (tertiary/aromatic N) is 4. The monoisotopic (exact) mass is 503 g/mol. The molecular formula is C27H29N5O3S. The van der Waals surface area contributed by atoms with Gasteiger partial charge in [0.1, 0.15) is 4.88 Å². The van der Waals surface area contributed by atoms with E-state index in [1.165, 1.54) is 18.4 Å². The number of carbonyl (C=O) groups is 1. The van der Waals surface area contributed by atoms with Gasteiger partial charge in [-0.3, -0.25) is 9.79 Å². The lowest BCUT2D eigenvalue weighted by Gasteiger charge is -2.35. The molecule has 2 aliphatic rings. The van der Waals surface area contributed by atoms with Gasteiger partial charge in [0, 0.05) is 17.0 Å². The zero-order valence-electron chi connectivity index (χ0n) is 20.9. The van der Waals surface area contributed by atoms with Gasteiger partial charge >= 0.3 is 0 Å². The fraction of sp³-hybridized carbons (Fsp3) is 0.370. The first-order chi connectivity index (χ1) is 17.5. The summed E-state index contributed by atoms with van der Waals surface area (Å²) in [4.78, 5) is 18.2. The predicted molar refractivity (Wildman–Crippen MR) is 141 cm³/mol. The number of amides is 1. The summed E-state index contributed by atoms with van der Waals surface area (Å²) in [5, 5.41) is 8.22.